The molecule has 1 saturated carbocycles. The van der Waals surface area contributed by atoms with Crippen LogP contribution in [0.15, 0.2) is 18.7 Å². The molecule has 2 aliphatic carbocycles. The van der Waals surface area contributed by atoms with Gasteiger partial charge in [-0.05, 0) is 44.9 Å². The Hall–Kier alpha value is -2.49. The van der Waals surface area contributed by atoms with Gasteiger partial charge in [-0.15, -0.1) is 0 Å². The lowest BCUT2D eigenvalue weighted by Gasteiger charge is -2.30. The fourth-order valence-electron chi connectivity index (χ4n) is 4.06. The second-order valence-corrected chi connectivity index (χ2v) is 7.64. The summed E-state index contributed by atoms with van der Waals surface area (Å²) in [7, 11) is 0. The van der Waals surface area contributed by atoms with Crippen LogP contribution in [0.4, 0.5) is 13.2 Å². The number of amides is 1. The first-order valence-corrected chi connectivity index (χ1v) is 9.88. The molecule has 0 saturated heterocycles. The normalized spacial score (nSPS) is 21.8. The number of alkyl halides is 3. The van der Waals surface area contributed by atoms with Gasteiger partial charge in [0, 0.05) is 35.7 Å². The molecular weight excluding hydrogens is 385 g/mol. The predicted molar refractivity (Wildman–Crippen MR) is 98.7 cm³/mol. The molecule has 2 heterocycles. The van der Waals surface area contributed by atoms with E-state index in [9.17, 15) is 18.0 Å². The Morgan fingerprint density at radius 3 is 2.59 bits per heavy atom. The Kier molecular flexibility index (Phi) is 5.53. The minimum atomic E-state index is -4.20. The van der Waals surface area contributed by atoms with Gasteiger partial charge in [0.05, 0.1) is 6.54 Å². The number of nitrogens with one attached hydrogen (secondary N) is 2. The van der Waals surface area contributed by atoms with E-state index in [0.29, 0.717) is 37.3 Å². The van der Waals surface area contributed by atoms with Crippen LogP contribution in [0.1, 0.15) is 53.8 Å². The zero-order chi connectivity index (χ0) is 20.4. The maximum absolute atomic E-state index is 12.9. The number of hydrogen-bond acceptors (Lipinski definition) is 5. The molecule has 1 fully saturated rings. The molecule has 2 aromatic rings. The molecule has 2 aromatic heterocycles. The van der Waals surface area contributed by atoms with Crippen LogP contribution in [0.5, 0.6) is 0 Å². The molecule has 7 nitrogen and oxygen atoms in total. The fraction of sp³-hybridized carbons (Fsp3) is 0.579. The molecule has 0 spiro atoms. The number of fused-ring (bicyclic) bond motifs is 1. The topological polar surface area (TPSA) is 84.7 Å². The van der Waals surface area contributed by atoms with Gasteiger partial charge in [0.15, 0.2) is 0 Å². The van der Waals surface area contributed by atoms with Gasteiger partial charge in [0.1, 0.15) is 12.0 Å². The number of aromatic nitrogens is 4. The molecule has 2 N–H and O–H groups in total. The van der Waals surface area contributed by atoms with Gasteiger partial charge in [-0.3, -0.25) is 9.36 Å². The Morgan fingerprint density at radius 1 is 1.14 bits per heavy atom. The van der Waals surface area contributed by atoms with E-state index in [4.69, 9.17) is 0 Å². The van der Waals surface area contributed by atoms with Gasteiger partial charge in [0.2, 0.25) is 5.95 Å². The van der Waals surface area contributed by atoms with Gasteiger partial charge in [-0.2, -0.15) is 13.2 Å². The summed E-state index contributed by atoms with van der Waals surface area (Å²) in [6.07, 6.45) is 5.76. The van der Waals surface area contributed by atoms with Crippen LogP contribution < -0.4 is 10.6 Å². The van der Waals surface area contributed by atoms with Gasteiger partial charge in [-0.25, -0.2) is 15.0 Å². The van der Waals surface area contributed by atoms with E-state index in [2.05, 4.69) is 25.6 Å². The Labute approximate surface area is 166 Å². The summed E-state index contributed by atoms with van der Waals surface area (Å²) in [5, 5.41) is 5.58. The second-order valence-electron chi connectivity index (χ2n) is 7.64. The highest BCUT2D eigenvalue weighted by Gasteiger charge is 2.31. The summed E-state index contributed by atoms with van der Waals surface area (Å²) in [5.41, 5.74) is 2.19. The highest BCUT2D eigenvalue weighted by Crippen LogP contribution is 2.25. The first-order chi connectivity index (χ1) is 13.9. The molecule has 0 aliphatic heterocycles. The number of aryl methyl sites for hydroxylation is 1. The smallest absolute Gasteiger partial charge is 0.348 e. The van der Waals surface area contributed by atoms with Crippen molar-refractivity contribution in [2.24, 2.45) is 0 Å². The van der Waals surface area contributed by atoms with Crippen LogP contribution in [0.3, 0.4) is 0 Å². The van der Waals surface area contributed by atoms with E-state index < -0.39 is 12.7 Å². The van der Waals surface area contributed by atoms with Crippen LogP contribution >= 0.6 is 0 Å². The van der Waals surface area contributed by atoms with Crippen LogP contribution in [0.2, 0.25) is 0 Å². The summed E-state index contributed by atoms with van der Waals surface area (Å²) in [5.74, 6) is 0.187. The molecule has 156 valence electrons. The molecule has 0 bridgehead atoms. The SMILES string of the molecule is O=C(NC1CCC(NCC(F)(F)F)CC1)c1nc(-n2ccnc2)nc2c1CCC2. The summed E-state index contributed by atoms with van der Waals surface area (Å²) in [6, 6.07) is -0.226. The molecule has 0 unspecified atom stereocenters. The molecule has 1 amide bonds. The lowest BCUT2D eigenvalue weighted by Crippen LogP contribution is -2.44. The van der Waals surface area contributed by atoms with Crippen molar-refractivity contribution in [3.05, 3.63) is 35.7 Å². The average Bonchev–Trinajstić information content (AvgIpc) is 3.37. The van der Waals surface area contributed by atoms with Crippen molar-refractivity contribution >= 4 is 5.91 Å². The highest BCUT2D eigenvalue weighted by molar-refractivity contribution is 5.94. The predicted octanol–water partition coefficient (Wildman–Crippen LogP) is 2.34. The third kappa shape index (κ3) is 4.75. The fourth-order valence-corrected chi connectivity index (χ4v) is 4.06. The third-order valence-corrected chi connectivity index (χ3v) is 5.53. The molecule has 2 aliphatic rings. The zero-order valence-electron chi connectivity index (χ0n) is 15.9. The quantitative estimate of drug-likeness (QED) is 0.793. The maximum atomic E-state index is 12.9. The van der Waals surface area contributed by atoms with Crippen molar-refractivity contribution in [2.45, 2.75) is 63.2 Å². The summed E-state index contributed by atoms with van der Waals surface area (Å²) in [4.78, 5) is 26.0. The minimum Gasteiger partial charge on any atom is -0.348 e. The largest absolute Gasteiger partial charge is 0.401 e. The molecule has 0 atom stereocenters. The van der Waals surface area contributed by atoms with Crippen LogP contribution in [0.25, 0.3) is 5.95 Å². The van der Waals surface area contributed by atoms with Crippen molar-refractivity contribution in [3.63, 3.8) is 0 Å². The number of rotatable bonds is 5. The highest BCUT2D eigenvalue weighted by atomic mass is 19.4. The average molecular weight is 408 g/mol. The lowest BCUT2D eigenvalue weighted by molar-refractivity contribution is -0.126. The van der Waals surface area contributed by atoms with E-state index in [1.807, 2.05) is 0 Å². The Bertz CT molecular complexity index is 860. The Balaban J connectivity index is 1.41. The molecule has 4 rings (SSSR count). The van der Waals surface area contributed by atoms with Crippen molar-refractivity contribution in [1.82, 2.24) is 30.2 Å². The van der Waals surface area contributed by atoms with Crippen LogP contribution in [-0.4, -0.2) is 50.2 Å². The molecule has 0 aromatic carbocycles. The molecule has 0 radical (unpaired) electrons. The van der Waals surface area contributed by atoms with Crippen LogP contribution in [0, 0.1) is 0 Å². The van der Waals surface area contributed by atoms with Crippen LogP contribution in [-0.2, 0) is 12.8 Å². The first kappa shape index (κ1) is 19.8. The minimum absolute atomic E-state index is 0.0600. The number of halogens is 3. The maximum Gasteiger partial charge on any atom is 0.401 e. The molecular formula is C19H23F3N6O. The number of imidazole rings is 1. The van der Waals surface area contributed by atoms with Crippen molar-refractivity contribution in [2.75, 3.05) is 6.54 Å². The van der Waals surface area contributed by atoms with Gasteiger partial charge in [-0.1, -0.05) is 0 Å². The third-order valence-electron chi connectivity index (χ3n) is 5.53. The first-order valence-electron chi connectivity index (χ1n) is 9.88. The van der Waals surface area contributed by atoms with Gasteiger partial charge >= 0.3 is 6.18 Å². The monoisotopic (exact) mass is 408 g/mol. The molecule has 10 heteroatoms. The number of nitrogens with zero attached hydrogens (tertiary/aromatic N) is 4. The number of carbonyl (C=O) groups excluding carboxylic acids is 1. The second kappa shape index (κ2) is 8.10. The summed E-state index contributed by atoms with van der Waals surface area (Å²) in [6.45, 7) is -0.973. The summed E-state index contributed by atoms with van der Waals surface area (Å²) < 4.78 is 38.7. The Morgan fingerprint density at radius 2 is 1.90 bits per heavy atom. The van der Waals surface area contributed by atoms with E-state index >= 15 is 0 Å². The van der Waals surface area contributed by atoms with Gasteiger partial charge < -0.3 is 10.6 Å². The summed E-state index contributed by atoms with van der Waals surface area (Å²) >= 11 is 0. The standard InChI is InChI=1S/C19H23F3N6O/c20-19(21,22)10-24-12-4-6-13(7-5-12)25-17(29)16-14-2-1-3-15(14)26-18(27-16)28-9-8-23-11-28/h8-9,11-13,24H,1-7,10H2,(H,25,29). The molecule has 29 heavy (non-hydrogen) atoms. The number of hydrogen-bond donors (Lipinski definition) is 2. The van der Waals surface area contributed by atoms with Crippen molar-refractivity contribution in [3.8, 4) is 5.95 Å². The van der Waals surface area contributed by atoms with Gasteiger partial charge in [0.25, 0.3) is 5.91 Å². The van der Waals surface area contributed by atoms with Crippen molar-refractivity contribution in [1.29, 1.82) is 0 Å². The zero-order valence-corrected chi connectivity index (χ0v) is 15.9. The van der Waals surface area contributed by atoms with Crippen molar-refractivity contribution < 1.29 is 18.0 Å². The van der Waals surface area contributed by atoms with E-state index in [-0.39, 0.29) is 18.0 Å². The van der Waals surface area contributed by atoms with E-state index in [1.165, 1.54) is 0 Å². The van der Waals surface area contributed by atoms with E-state index in [1.54, 1.807) is 23.3 Å². The van der Waals surface area contributed by atoms with E-state index in [0.717, 1.165) is 30.5 Å². The lowest BCUT2D eigenvalue weighted by atomic mass is 9.91. The number of carbonyl (C=O) groups is 1.